The van der Waals surface area contributed by atoms with Crippen molar-refractivity contribution < 1.29 is 42.2 Å². The number of ether oxygens (including phenoxy) is 2. The number of hydrogen-bond acceptors (Lipinski definition) is 16. The lowest BCUT2D eigenvalue weighted by Crippen LogP contribution is -2.60. The highest BCUT2D eigenvalue weighted by molar-refractivity contribution is 7.92. The minimum atomic E-state index is -3.87. The highest BCUT2D eigenvalue weighted by Gasteiger charge is 2.47. The maximum absolute atomic E-state index is 14.7. The third kappa shape index (κ3) is 11.9. The summed E-state index contributed by atoms with van der Waals surface area (Å²) in [5.41, 5.74) is 3.72. The minimum Gasteiger partial charge on any atom is -0.491 e. The van der Waals surface area contributed by atoms with Crippen molar-refractivity contribution >= 4 is 62.1 Å². The van der Waals surface area contributed by atoms with E-state index in [9.17, 15) is 32.7 Å². The molecule has 22 nitrogen and oxygen atoms in total. The molecule has 3 aliphatic rings. The molecule has 2 fully saturated rings. The van der Waals surface area contributed by atoms with Crippen LogP contribution in [0.2, 0.25) is 0 Å². The van der Waals surface area contributed by atoms with E-state index in [2.05, 4.69) is 61.9 Å². The fraction of sp³-hybridized carbons (Fsp3) is 0.528. The van der Waals surface area contributed by atoms with Crippen LogP contribution in [0.4, 0.5) is 22.4 Å². The zero-order valence-corrected chi connectivity index (χ0v) is 45.8. The largest absolute Gasteiger partial charge is 0.491 e. The van der Waals surface area contributed by atoms with E-state index in [1.54, 1.807) is 66.1 Å². The molecular formula is C53H71N13O9S. The molecule has 5 N–H and O–H groups in total. The van der Waals surface area contributed by atoms with Crippen LogP contribution >= 0.6 is 0 Å². The Hall–Kier alpha value is -7.14. The van der Waals surface area contributed by atoms with E-state index < -0.39 is 62.1 Å². The van der Waals surface area contributed by atoms with Crippen LogP contribution in [-0.4, -0.2) is 164 Å². The number of benzene rings is 2. The highest BCUT2D eigenvalue weighted by atomic mass is 32.2. The van der Waals surface area contributed by atoms with Crippen molar-refractivity contribution in [2.75, 3.05) is 63.1 Å². The number of rotatable bonds is 16. The van der Waals surface area contributed by atoms with Gasteiger partial charge in [0.15, 0.2) is 21.4 Å². The molecule has 76 heavy (non-hydrogen) atoms. The van der Waals surface area contributed by atoms with Crippen molar-refractivity contribution in [3.05, 3.63) is 77.5 Å². The highest BCUT2D eigenvalue weighted by Crippen LogP contribution is 2.38. The van der Waals surface area contributed by atoms with Gasteiger partial charge in [0.05, 0.1) is 35.2 Å². The van der Waals surface area contributed by atoms with Crippen LogP contribution in [0.25, 0.3) is 10.9 Å². The normalized spacial score (nSPS) is 19.1. The van der Waals surface area contributed by atoms with E-state index in [4.69, 9.17) is 9.47 Å². The van der Waals surface area contributed by atoms with Crippen LogP contribution in [-0.2, 0) is 30.6 Å². The van der Waals surface area contributed by atoms with E-state index in [0.717, 1.165) is 41.0 Å². The molecule has 1 aliphatic carbocycles. The number of H-pyrrole nitrogens is 1. The molecule has 2 aliphatic heterocycles. The number of hydrogen-bond donors (Lipinski definition) is 5. The Morgan fingerprint density at radius 3 is 2.33 bits per heavy atom. The number of aromatic nitrogens is 6. The van der Waals surface area contributed by atoms with Gasteiger partial charge in [-0.05, 0) is 83.4 Å². The number of anilines is 3. The third-order valence-corrected chi connectivity index (χ3v) is 17.2. The topological polar surface area (TPSA) is 270 Å². The van der Waals surface area contributed by atoms with E-state index in [-0.39, 0.29) is 42.2 Å². The Morgan fingerprint density at radius 1 is 0.961 bits per heavy atom. The number of nitrogens with zero attached hydrogens (tertiary/aromatic N) is 9. The SMILES string of the molecule is Cc1[nH]nc(Nc2ncnc3cc(OCCN4CCN(c5ncc(O[C@H]6C[C@@H](C(=O)N[C@@H]7CCCc8ccccc87)N(C(=O)C(NC(=O)C(C)N(C)C(=O)O)C(C)(C)C)C6)cn5)CC4)c(S(=O)(=O)C(C)(C)C)cc23)c1C. The van der Waals surface area contributed by atoms with Crippen LogP contribution in [0.5, 0.6) is 11.5 Å². The third-order valence-electron chi connectivity index (χ3n) is 14.7. The number of sulfone groups is 1. The molecule has 3 aromatic heterocycles. The second kappa shape index (κ2) is 22.2. The fourth-order valence-electron chi connectivity index (χ4n) is 9.68. The van der Waals surface area contributed by atoms with Crippen molar-refractivity contribution in [1.29, 1.82) is 0 Å². The Labute approximate surface area is 443 Å². The molecule has 23 heteroatoms. The molecule has 0 spiro atoms. The molecule has 5 atom stereocenters. The molecule has 0 bridgehead atoms. The Kier molecular flexibility index (Phi) is 16.1. The van der Waals surface area contributed by atoms with Crippen LogP contribution in [0.15, 0.2) is 60.0 Å². The molecule has 2 saturated heterocycles. The molecule has 2 unspecified atom stereocenters. The zero-order chi connectivity index (χ0) is 54.9. The van der Waals surface area contributed by atoms with E-state index in [0.29, 0.717) is 67.0 Å². The number of carboxylic acid groups (broad SMARTS) is 1. The maximum atomic E-state index is 14.7. The van der Waals surface area contributed by atoms with Crippen molar-refractivity contribution in [3.8, 4) is 11.5 Å². The van der Waals surface area contributed by atoms with Gasteiger partial charge in [-0.25, -0.2) is 33.1 Å². The van der Waals surface area contributed by atoms with E-state index in [1.165, 1.54) is 30.8 Å². The van der Waals surface area contributed by atoms with Crippen molar-refractivity contribution in [2.45, 2.75) is 128 Å². The minimum absolute atomic E-state index is 0.0338. The Bertz CT molecular complexity index is 3060. The molecule has 0 saturated carbocycles. The fourth-order valence-corrected chi connectivity index (χ4v) is 11.0. The smallest absolute Gasteiger partial charge is 0.407 e. The second-order valence-corrected chi connectivity index (χ2v) is 24.7. The van der Waals surface area contributed by atoms with Gasteiger partial charge in [0.2, 0.25) is 23.7 Å². The maximum Gasteiger partial charge on any atom is 0.407 e. The number of fused-ring (bicyclic) bond motifs is 2. The van der Waals surface area contributed by atoms with Crippen LogP contribution in [0.3, 0.4) is 0 Å². The molecule has 4 amide bonds. The summed E-state index contributed by atoms with van der Waals surface area (Å²) in [6.07, 6.45) is 5.37. The molecule has 0 radical (unpaired) electrons. The Morgan fingerprint density at radius 2 is 1.67 bits per heavy atom. The summed E-state index contributed by atoms with van der Waals surface area (Å²) in [6.45, 7) is 19.0. The molecule has 2 aromatic carbocycles. The van der Waals surface area contributed by atoms with Gasteiger partial charge in [-0.3, -0.25) is 29.3 Å². The standard InChI is InChI=1S/C53H71N13O9S/c1-31-32(2)61-62-45(31)60-46-38-25-43(76(72,73)53(7,8)9)42(26-40(38)56-30-57-46)74-23-22-64-18-20-65(21-19-64)50-54-27-36(28-55-50)75-35-24-41(48(68)58-39-17-13-15-34-14-11-12-16-37(34)39)66(29-35)49(69)44(52(4,5)6)59-47(67)33(3)63(10)51(70)71/h11-12,14,16,25-28,30,33,35,39,41,44H,13,15,17-24,29H2,1-10H3,(H,58,68)(H,59,67)(H,70,71)(H2,56,57,60,61,62)/t33?,35-,39+,41-,44?/m0/s1. The summed E-state index contributed by atoms with van der Waals surface area (Å²) < 4.78 is 39.7. The predicted octanol–water partition coefficient (Wildman–Crippen LogP) is 5.35. The summed E-state index contributed by atoms with van der Waals surface area (Å²) in [7, 11) is -2.59. The first-order valence-corrected chi connectivity index (χ1v) is 27.2. The van der Waals surface area contributed by atoms with Crippen LogP contribution < -0.4 is 30.3 Å². The number of likely N-dealkylation sites (N-methyl/N-ethyl adjacent to an activating group) is 1. The first-order chi connectivity index (χ1) is 35.9. The molecule has 408 valence electrons. The van der Waals surface area contributed by atoms with E-state index >= 15 is 0 Å². The summed E-state index contributed by atoms with van der Waals surface area (Å²) in [5.74, 6) is 0.604. The van der Waals surface area contributed by atoms with E-state index in [1.807, 2.05) is 32.0 Å². The van der Waals surface area contributed by atoms with Gasteiger partial charge in [-0.1, -0.05) is 45.0 Å². The summed E-state index contributed by atoms with van der Waals surface area (Å²) in [4.78, 5) is 79.0. The van der Waals surface area contributed by atoms with Gasteiger partial charge in [-0.2, -0.15) is 5.10 Å². The number of nitrogens with one attached hydrogen (secondary N) is 4. The van der Waals surface area contributed by atoms with Crippen LogP contribution in [0.1, 0.15) is 96.2 Å². The van der Waals surface area contributed by atoms with Crippen LogP contribution in [0, 0.1) is 19.3 Å². The zero-order valence-electron chi connectivity index (χ0n) is 45.0. The number of aromatic amines is 1. The van der Waals surface area contributed by atoms with Gasteiger partial charge in [0.1, 0.15) is 53.6 Å². The quantitative estimate of drug-likeness (QED) is 0.0834. The lowest BCUT2D eigenvalue weighted by Gasteiger charge is -2.36. The second-order valence-electron chi connectivity index (χ2n) is 22.0. The van der Waals surface area contributed by atoms with Gasteiger partial charge >= 0.3 is 6.09 Å². The van der Waals surface area contributed by atoms with Crippen molar-refractivity contribution in [3.63, 3.8) is 0 Å². The number of carbonyl (C=O) groups excluding carboxylic acids is 3. The lowest BCUT2D eigenvalue weighted by atomic mass is 9.85. The van der Waals surface area contributed by atoms with Gasteiger partial charge in [0.25, 0.3) is 0 Å². The summed E-state index contributed by atoms with van der Waals surface area (Å²) >= 11 is 0. The molecule has 5 aromatic rings. The van der Waals surface area contributed by atoms with Gasteiger partial charge < -0.3 is 40.3 Å². The number of carbonyl (C=O) groups is 4. The monoisotopic (exact) mass is 1070 g/mol. The number of piperazine rings is 1. The first-order valence-electron chi connectivity index (χ1n) is 25.8. The first kappa shape index (κ1) is 55.1. The number of amides is 4. The van der Waals surface area contributed by atoms with Crippen molar-refractivity contribution in [1.82, 2.24) is 55.5 Å². The molecule has 5 heterocycles. The summed E-state index contributed by atoms with van der Waals surface area (Å²) in [5, 5.41) is 26.6. The average molecular weight is 1070 g/mol. The van der Waals surface area contributed by atoms with Crippen molar-refractivity contribution in [2.24, 2.45) is 5.41 Å². The summed E-state index contributed by atoms with van der Waals surface area (Å²) in [6, 6.07) is 7.89. The average Bonchev–Trinajstić information content (AvgIpc) is 3.95. The van der Waals surface area contributed by atoms with Gasteiger partial charge in [-0.15, -0.1) is 0 Å². The molecular weight excluding hydrogens is 995 g/mol. The van der Waals surface area contributed by atoms with Gasteiger partial charge in [0, 0.05) is 68.9 Å². The molecule has 8 rings (SSSR count). The number of likely N-dealkylation sites (tertiary alicyclic amines) is 1. The predicted molar refractivity (Wildman–Crippen MR) is 285 cm³/mol. The lowest BCUT2D eigenvalue weighted by molar-refractivity contribution is -0.144. The Balaban J connectivity index is 0.909. The number of aryl methyl sites for hydroxylation is 2.